The molecule has 0 aromatic heterocycles. The molecule has 0 aliphatic heterocycles. The molecule has 0 spiro atoms. The van der Waals surface area contributed by atoms with E-state index in [2.05, 4.69) is 63.0 Å². The van der Waals surface area contributed by atoms with Gasteiger partial charge in [0.2, 0.25) is 0 Å². The van der Waals surface area contributed by atoms with Crippen LogP contribution >= 0.6 is 0 Å². The number of benzene rings is 1. The number of hydrogen-bond acceptors (Lipinski definition) is 3. The van der Waals surface area contributed by atoms with Gasteiger partial charge in [-0.1, -0.05) is 6.07 Å². The average Bonchev–Trinajstić information content (AvgIpc) is 2.37. The molecule has 2 N–H and O–H groups in total. The van der Waals surface area contributed by atoms with Gasteiger partial charge < -0.3 is 15.3 Å². The lowest BCUT2D eigenvalue weighted by Gasteiger charge is -2.25. The normalized spacial score (nSPS) is 11.7. The van der Waals surface area contributed by atoms with E-state index in [1.807, 2.05) is 0 Å². The first-order valence-electron chi connectivity index (χ1n) is 7.57. The molecule has 0 bridgehead atoms. The van der Waals surface area contributed by atoms with Gasteiger partial charge in [-0.05, 0) is 64.3 Å². The minimum absolute atomic E-state index is 0.141. The maximum absolute atomic E-state index is 8.97. The van der Waals surface area contributed by atoms with Gasteiger partial charge in [0.1, 0.15) is 0 Å². The molecule has 0 saturated carbocycles. The number of aryl methyl sites for hydroxylation is 1. The summed E-state index contributed by atoms with van der Waals surface area (Å²) in [6, 6.07) is 6.65. The van der Waals surface area contributed by atoms with Crippen LogP contribution in [0.2, 0.25) is 0 Å². The molecule has 0 saturated heterocycles. The van der Waals surface area contributed by atoms with Gasteiger partial charge in [-0.2, -0.15) is 0 Å². The van der Waals surface area contributed by atoms with Crippen molar-refractivity contribution in [3.05, 3.63) is 29.3 Å². The first-order chi connectivity index (χ1) is 9.37. The van der Waals surface area contributed by atoms with E-state index in [0.29, 0.717) is 0 Å². The number of anilines is 1. The highest BCUT2D eigenvalue weighted by molar-refractivity contribution is 5.50. The summed E-state index contributed by atoms with van der Waals surface area (Å²) in [7, 11) is 0. The molecule has 0 aliphatic carbocycles. The Morgan fingerprint density at radius 3 is 2.45 bits per heavy atom. The van der Waals surface area contributed by atoms with Crippen LogP contribution in [0.25, 0.3) is 0 Å². The van der Waals surface area contributed by atoms with Gasteiger partial charge in [0, 0.05) is 37.5 Å². The fraction of sp³-hybridized carbons (Fsp3) is 0.647. The molecular weight excluding hydrogens is 248 g/mol. The Balaban J connectivity index is 2.75. The summed E-state index contributed by atoms with van der Waals surface area (Å²) in [5.74, 6) is 0. The second-order valence-corrected chi connectivity index (χ2v) is 6.37. The van der Waals surface area contributed by atoms with Gasteiger partial charge in [0.25, 0.3) is 0 Å². The van der Waals surface area contributed by atoms with Crippen molar-refractivity contribution in [3.63, 3.8) is 0 Å². The van der Waals surface area contributed by atoms with Crippen molar-refractivity contribution in [1.29, 1.82) is 0 Å². The van der Waals surface area contributed by atoms with Gasteiger partial charge in [-0.3, -0.25) is 0 Å². The first-order valence-corrected chi connectivity index (χ1v) is 7.57. The maximum Gasteiger partial charge on any atom is 0.0447 e. The SMILES string of the molecule is CCN(CCCO)c1ccc(CNC(C)(C)C)c(C)c1. The Morgan fingerprint density at radius 1 is 1.25 bits per heavy atom. The Hall–Kier alpha value is -1.06. The van der Waals surface area contributed by atoms with E-state index in [1.165, 1.54) is 16.8 Å². The summed E-state index contributed by atoms with van der Waals surface area (Å²) < 4.78 is 0. The standard InChI is InChI=1S/C17H30N2O/c1-6-19(10-7-11-20)16-9-8-15(14(2)12-16)13-18-17(3,4)5/h8-9,12,18,20H,6-7,10-11,13H2,1-5H3. The largest absolute Gasteiger partial charge is 0.396 e. The highest BCUT2D eigenvalue weighted by Gasteiger charge is 2.10. The number of rotatable bonds is 7. The lowest BCUT2D eigenvalue weighted by molar-refractivity contribution is 0.289. The van der Waals surface area contributed by atoms with Crippen LogP contribution in [-0.4, -0.2) is 30.3 Å². The van der Waals surface area contributed by atoms with E-state index in [4.69, 9.17) is 5.11 Å². The summed E-state index contributed by atoms with van der Waals surface area (Å²) in [4.78, 5) is 2.31. The molecule has 1 rings (SSSR count). The molecule has 3 nitrogen and oxygen atoms in total. The van der Waals surface area contributed by atoms with E-state index in [1.54, 1.807) is 0 Å². The van der Waals surface area contributed by atoms with Gasteiger partial charge in [-0.25, -0.2) is 0 Å². The number of nitrogens with one attached hydrogen (secondary N) is 1. The van der Waals surface area contributed by atoms with Gasteiger partial charge in [-0.15, -0.1) is 0 Å². The third-order valence-corrected chi connectivity index (χ3v) is 3.47. The van der Waals surface area contributed by atoms with E-state index >= 15 is 0 Å². The Bertz CT molecular complexity index is 410. The van der Waals surface area contributed by atoms with Gasteiger partial charge >= 0.3 is 0 Å². The van der Waals surface area contributed by atoms with E-state index in [-0.39, 0.29) is 12.1 Å². The van der Waals surface area contributed by atoms with Crippen LogP contribution in [-0.2, 0) is 6.54 Å². The van der Waals surface area contributed by atoms with Crippen molar-refractivity contribution in [1.82, 2.24) is 5.32 Å². The van der Waals surface area contributed by atoms with Gasteiger partial charge in [0.15, 0.2) is 0 Å². The fourth-order valence-corrected chi connectivity index (χ4v) is 2.17. The third-order valence-electron chi connectivity index (χ3n) is 3.47. The Morgan fingerprint density at radius 2 is 1.95 bits per heavy atom. The molecule has 20 heavy (non-hydrogen) atoms. The summed E-state index contributed by atoms with van der Waals surface area (Å²) >= 11 is 0. The molecule has 0 unspecified atom stereocenters. The molecule has 0 fully saturated rings. The van der Waals surface area contributed by atoms with Crippen LogP contribution in [0.5, 0.6) is 0 Å². The van der Waals surface area contributed by atoms with Crippen molar-refractivity contribution in [2.24, 2.45) is 0 Å². The minimum Gasteiger partial charge on any atom is -0.396 e. The van der Waals surface area contributed by atoms with Crippen LogP contribution in [0.4, 0.5) is 5.69 Å². The van der Waals surface area contributed by atoms with Crippen molar-refractivity contribution in [3.8, 4) is 0 Å². The topological polar surface area (TPSA) is 35.5 Å². The van der Waals surface area contributed by atoms with Crippen molar-refractivity contribution in [2.75, 3.05) is 24.6 Å². The highest BCUT2D eigenvalue weighted by Crippen LogP contribution is 2.20. The fourth-order valence-electron chi connectivity index (χ4n) is 2.17. The number of hydrogen-bond donors (Lipinski definition) is 2. The van der Waals surface area contributed by atoms with Crippen LogP contribution in [0.15, 0.2) is 18.2 Å². The zero-order valence-electron chi connectivity index (χ0n) is 13.7. The molecule has 1 aromatic rings. The van der Waals surface area contributed by atoms with Crippen LogP contribution < -0.4 is 10.2 Å². The second kappa shape index (κ2) is 7.65. The Kier molecular flexibility index (Phi) is 6.50. The summed E-state index contributed by atoms with van der Waals surface area (Å²) in [6.45, 7) is 13.9. The second-order valence-electron chi connectivity index (χ2n) is 6.37. The van der Waals surface area contributed by atoms with E-state index < -0.39 is 0 Å². The van der Waals surface area contributed by atoms with E-state index in [0.717, 1.165) is 26.1 Å². The molecule has 0 amide bonds. The van der Waals surface area contributed by atoms with Crippen molar-refractivity contribution >= 4 is 5.69 Å². The molecule has 1 aromatic carbocycles. The van der Waals surface area contributed by atoms with Crippen LogP contribution in [0.3, 0.4) is 0 Å². The van der Waals surface area contributed by atoms with E-state index in [9.17, 15) is 0 Å². The average molecular weight is 278 g/mol. The molecule has 3 heteroatoms. The molecular formula is C17H30N2O. The molecule has 114 valence electrons. The zero-order valence-corrected chi connectivity index (χ0v) is 13.7. The van der Waals surface area contributed by atoms with Crippen molar-refractivity contribution < 1.29 is 5.11 Å². The molecule has 0 radical (unpaired) electrons. The maximum atomic E-state index is 8.97. The third kappa shape index (κ3) is 5.51. The number of nitrogens with zero attached hydrogens (tertiary/aromatic N) is 1. The van der Waals surface area contributed by atoms with Gasteiger partial charge in [0.05, 0.1) is 0 Å². The highest BCUT2D eigenvalue weighted by atomic mass is 16.3. The zero-order chi connectivity index (χ0) is 15.2. The lowest BCUT2D eigenvalue weighted by atomic mass is 10.0. The molecule has 0 atom stereocenters. The summed E-state index contributed by atoms with van der Waals surface area (Å²) in [5.41, 5.74) is 4.06. The lowest BCUT2D eigenvalue weighted by Crippen LogP contribution is -2.35. The first kappa shape index (κ1) is 17.0. The Labute approximate surface area is 124 Å². The predicted molar refractivity (Wildman–Crippen MR) is 87.4 cm³/mol. The quantitative estimate of drug-likeness (QED) is 0.804. The smallest absolute Gasteiger partial charge is 0.0447 e. The predicted octanol–water partition coefficient (Wildman–Crippen LogP) is 3.09. The minimum atomic E-state index is 0.141. The number of aliphatic hydroxyl groups is 1. The van der Waals surface area contributed by atoms with Crippen LogP contribution in [0, 0.1) is 6.92 Å². The van der Waals surface area contributed by atoms with Crippen LogP contribution in [0.1, 0.15) is 45.2 Å². The summed E-state index contributed by atoms with van der Waals surface area (Å²) in [5, 5.41) is 12.5. The number of aliphatic hydroxyl groups excluding tert-OH is 1. The monoisotopic (exact) mass is 278 g/mol. The van der Waals surface area contributed by atoms with Crippen molar-refractivity contribution in [2.45, 2.75) is 53.1 Å². The summed E-state index contributed by atoms with van der Waals surface area (Å²) in [6.07, 6.45) is 0.820. The molecule has 0 aliphatic rings. The molecule has 0 heterocycles.